The molecule has 2 amide bonds. The molecule has 0 unspecified atom stereocenters. The Bertz CT molecular complexity index is 1250. The summed E-state index contributed by atoms with van der Waals surface area (Å²) in [5.74, 6) is -0.984. The smallest absolute Gasteiger partial charge is 0.269 e. The summed E-state index contributed by atoms with van der Waals surface area (Å²) in [6, 6.07) is 19.2. The average Bonchev–Trinajstić information content (AvgIpc) is 2.83. The van der Waals surface area contributed by atoms with E-state index in [0.717, 1.165) is 16.3 Å². The highest BCUT2D eigenvalue weighted by molar-refractivity contribution is 7.89. The van der Waals surface area contributed by atoms with Gasteiger partial charge < -0.3 is 4.74 Å². The number of ether oxygens (including phenoxy) is 1. The fraction of sp³-hybridized carbons (Fsp3) is 0.217. The van der Waals surface area contributed by atoms with Crippen molar-refractivity contribution in [1.29, 1.82) is 0 Å². The van der Waals surface area contributed by atoms with Crippen molar-refractivity contribution in [2.75, 3.05) is 26.3 Å². The minimum Gasteiger partial charge on any atom is -0.379 e. The molecule has 8 nitrogen and oxygen atoms in total. The van der Waals surface area contributed by atoms with Gasteiger partial charge in [0.15, 0.2) is 0 Å². The van der Waals surface area contributed by atoms with E-state index in [4.69, 9.17) is 4.74 Å². The van der Waals surface area contributed by atoms with Gasteiger partial charge in [-0.25, -0.2) is 8.42 Å². The van der Waals surface area contributed by atoms with Crippen LogP contribution in [0.3, 0.4) is 0 Å². The molecule has 0 radical (unpaired) electrons. The number of morpholine rings is 1. The third kappa shape index (κ3) is 4.80. The van der Waals surface area contributed by atoms with Gasteiger partial charge in [-0.3, -0.25) is 20.4 Å². The number of carbonyl (C=O) groups excluding carboxylic acids is 2. The van der Waals surface area contributed by atoms with Gasteiger partial charge in [-0.1, -0.05) is 48.5 Å². The minimum atomic E-state index is -3.72. The number of carbonyl (C=O) groups is 2. The van der Waals surface area contributed by atoms with Gasteiger partial charge in [-0.05, 0) is 34.5 Å². The van der Waals surface area contributed by atoms with E-state index in [-0.39, 0.29) is 35.9 Å². The molecule has 1 aliphatic heterocycles. The first-order valence-corrected chi connectivity index (χ1v) is 11.6. The predicted octanol–water partition coefficient (Wildman–Crippen LogP) is 1.86. The Balaban J connectivity index is 1.41. The molecule has 0 saturated carbocycles. The van der Waals surface area contributed by atoms with E-state index in [9.17, 15) is 18.0 Å². The maximum atomic E-state index is 12.8. The van der Waals surface area contributed by atoms with Crippen LogP contribution in [0.25, 0.3) is 10.8 Å². The van der Waals surface area contributed by atoms with Crippen LogP contribution in [0.15, 0.2) is 71.6 Å². The Kier molecular flexibility index (Phi) is 6.50. The topological polar surface area (TPSA) is 105 Å². The maximum absolute atomic E-state index is 12.8. The van der Waals surface area contributed by atoms with Gasteiger partial charge in [0.2, 0.25) is 15.9 Å². The summed E-state index contributed by atoms with van der Waals surface area (Å²) in [5, 5.41) is 2.00. The Labute approximate surface area is 186 Å². The minimum absolute atomic E-state index is 0.0223. The summed E-state index contributed by atoms with van der Waals surface area (Å²) in [6.45, 7) is 1.20. The van der Waals surface area contributed by atoms with E-state index >= 15 is 0 Å². The third-order valence-corrected chi connectivity index (χ3v) is 7.15. The number of fused-ring (bicyclic) bond motifs is 1. The number of nitrogens with zero attached hydrogens (tertiary/aromatic N) is 1. The zero-order chi connectivity index (χ0) is 22.6. The SMILES string of the molecule is O=C(Cc1cccc2ccccc12)NNC(=O)c1cccc(S(=O)(=O)N2CCOCC2)c1. The first kappa shape index (κ1) is 21.9. The Morgan fingerprint density at radius 1 is 0.906 bits per heavy atom. The second kappa shape index (κ2) is 9.47. The van der Waals surface area contributed by atoms with Gasteiger partial charge in [-0.2, -0.15) is 4.31 Å². The molecule has 1 fully saturated rings. The quantitative estimate of drug-likeness (QED) is 0.574. The van der Waals surface area contributed by atoms with Crippen molar-refractivity contribution in [2.24, 2.45) is 0 Å². The number of benzene rings is 3. The molecular weight excluding hydrogens is 430 g/mol. The van der Waals surface area contributed by atoms with Crippen molar-refractivity contribution in [3.05, 3.63) is 77.9 Å². The van der Waals surface area contributed by atoms with Crippen molar-refractivity contribution >= 4 is 32.6 Å². The lowest BCUT2D eigenvalue weighted by Crippen LogP contribution is -2.42. The molecule has 3 aromatic carbocycles. The maximum Gasteiger partial charge on any atom is 0.269 e. The van der Waals surface area contributed by atoms with Crippen molar-refractivity contribution in [3.63, 3.8) is 0 Å². The van der Waals surface area contributed by atoms with E-state index in [1.807, 2.05) is 42.5 Å². The molecule has 0 bridgehead atoms. The third-order valence-electron chi connectivity index (χ3n) is 5.25. The van der Waals surface area contributed by atoms with E-state index in [1.165, 1.54) is 28.6 Å². The Hall–Kier alpha value is -3.27. The molecule has 0 spiro atoms. The van der Waals surface area contributed by atoms with Gasteiger partial charge in [0.1, 0.15) is 0 Å². The van der Waals surface area contributed by atoms with Gasteiger partial charge in [-0.15, -0.1) is 0 Å². The molecule has 0 aliphatic carbocycles. The lowest BCUT2D eigenvalue weighted by Gasteiger charge is -2.26. The number of hydrogen-bond donors (Lipinski definition) is 2. The second-order valence-corrected chi connectivity index (χ2v) is 9.30. The van der Waals surface area contributed by atoms with Gasteiger partial charge in [0, 0.05) is 18.7 Å². The first-order valence-electron chi connectivity index (χ1n) is 10.2. The zero-order valence-corrected chi connectivity index (χ0v) is 18.1. The van der Waals surface area contributed by atoms with Crippen LogP contribution in [0.4, 0.5) is 0 Å². The summed E-state index contributed by atoms with van der Waals surface area (Å²) in [6.07, 6.45) is 0.0904. The van der Waals surface area contributed by atoms with E-state index < -0.39 is 15.9 Å². The van der Waals surface area contributed by atoms with Crippen LogP contribution >= 0.6 is 0 Å². The molecule has 1 saturated heterocycles. The van der Waals surface area contributed by atoms with Gasteiger partial charge >= 0.3 is 0 Å². The number of hydrazine groups is 1. The van der Waals surface area contributed by atoms with Gasteiger partial charge in [0.05, 0.1) is 24.5 Å². The Morgan fingerprint density at radius 3 is 2.44 bits per heavy atom. The number of sulfonamides is 1. The highest BCUT2D eigenvalue weighted by Gasteiger charge is 2.26. The summed E-state index contributed by atoms with van der Waals surface area (Å²) in [7, 11) is -3.72. The number of nitrogens with one attached hydrogen (secondary N) is 2. The van der Waals surface area contributed by atoms with Crippen LogP contribution in [-0.4, -0.2) is 50.8 Å². The fourth-order valence-electron chi connectivity index (χ4n) is 3.60. The van der Waals surface area contributed by atoms with Crippen molar-refractivity contribution in [2.45, 2.75) is 11.3 Å². The predicted molar refractivity (Wildman–Crippen MR) is 119 cm³/mol. The van der Waals surface area contributed by atoms with Crippen LogP contribution in [0.1, 0.15) is 15.9 Å². The molecule has 0 atom stereocenters. The number of rotatable bonds is 5. The normalized spacial score (nSPS) is 14.8. The summed E-state index contributed by atoms with van der Waals surface area (Å²) < 4.78 is 32.2. The number of hydrogen-bond acceptors (Lipinski definition) is 5. The van der Waals surface area contributed by atoms with Crippen molar-refractivity contribution in [1.82, 2.24) is 15.2 Å². The Morgan fingerprint density at radius 2 is 1.62 bits per heavy atom. The summed E-state index contributed by atoms with van der Waals surface area (Å²) >= 11 is 0. The zero-order valence-electron chi connectivity index (χ0n) is 17.3. The molecule has 1 heterocycles. The molecule has 1 aliphatic rings. The molecule has 2 N–H and O–H groups in total. The molecule has 3 aromatic rings. The molecular formula is C23H23N3O5S. The largest absolute Gasteiger partial charge is 0.379 e. The second-order valence-electron chi connectivity index (χ2n) is 7.36. The van der Waals surface area contributed by atoms with E-state index in [0.29, 0.717) is 13.2 Å². The highest BCUT2D eigenvalue weighted by atomic mass is 32.2. The average molecular weight is 454 g/mol. The van der Waals surface area contributed by atoms with Gasteiger partial charge in [0.25, 0.3) is 5.91 Å². The summed E-state index contributed by atoms with van der Waals surface area (Å²) in [5.41, 5.74) is 5.73. The standard InChI is InChI=1S/C23H23N3O5S/c27-22(16-18-7-3-6-17-5-1-2-10-21(17)18)24-25-23(28)19-8-4-9-20(15-19)32(29,30)26-11-13-31-14-12-26/h1-10,15H,11-14,16H2,(H,24,27)(H,25,28). The van der Waals surface area contributed by atoms with Crippen LogP contribution in [0, 0.1) is 0 Å². The molecule has 166 valence electrons. The number of amides is 2. The van der Waals surface area contributed by atoms with Crippen LogP contribution < -0.4 is 10.9 Å². The van der Waals surface area contributed by atoms with Crippen LogP contribution in [0.2, 0.25) is 0 Å². The van der Waals surface area contributed by atoms with E-state index in [2.05, 4.69) is 10.9 Å². The van der Waals surface area contributed by atoms with Crippen LogP contribution in [0.5, 0.6) is 0 Å². The van der Waals surface area contributed by atoms with Crippen LogP contribution in [-0.2, 0) is 26.0 Å². The molecule has 32 heavy (non-hydrogen) atoms. The summed E-state index contributed by atoms with van der Waals surface area (Å²) in [4.78, 5) is 24.9. The lowest BCUT2D eigenvalue weighted by molar-refractivity contribution is -0.121. The lowest BCUT2D eigenvalue weighted by atomic mass is 10.0. The monoisotopic (exact) mass is 453 g/mol. The van der Waals surface area contributed by atoms with Crippen molar-refractivity contribution < 1.29 is 22.7 Å². The fourth-order valence-corrected chi connectivity index (χ4v) is 5.05. The van der Waals surface area contributed by atoms with Crippen molar-refractivity contribution in [3.8, 4) is 0 Å². The molecule has 0 aromatic heterocycles. The molecule has 4 rings (SSSR count). The highest BCUT2D eigenvalue weighted by Crippen LogP contribution is 2.19. The first-order chi connectivity index (χ1) is 15.4. The van der Waals surface area contributed by atoms with E-state index in [1.54, 1.807) is 0 Å². The molecule has 9 heteroatoms.